The van der Waals surface area contributed by atoms with Crippen LogP contribution in [-0.2, 0) is 4.79 Å². The Morgan fingerprint density at radius 1 is 1.69 bits per heavy atom. The number of likely N-dealkylation sites (tertiary alicyclic amines) is 1. The molecule has 0 amide bonds. The maximum Gasteiger partial charge on any atom is 0.296 e. The van der Waals surface area contributed by atoms with Crippen molar-refractivity contribution in [2.75, 3.05) is 19.6 Å². The number of carbonyl (C=O) groups excluding carboxylic acids is 1. The minimum atomic E-state index is -0.565. The molecule has 0 bridgehead atoms. The van der Waals surface area contributed by atoms with Crippen LogP contribution < -0.4 is 0 Å². The van der Waals surface area contributed by atoms with Crippen LogP contribution in [-0.4, -0.2) is 29.8 Å². The molecule has 0 aliphatic carbocycles. The molecular weight excluding hydrogens is 186 g/mol. The largest absolute Gasteiger partial charge is 0.296 e. The van der Waals surface area contributed by atoms with Gasteiger partial charge in [0, 0.05) is 6.54 Å². The first-order valence-electron chi connectivity index (χ1n) is 4.59. The summed E-state index contributed by atoms with van der Waals surface area (Å²) >= 11 is 5.09. The third-order valence-electron chi connectivity index (χ3n) is 2.23. The van der Waals surface area contributed by atoms with Crippen LogP contribution in [0.25, 0.3) is 0 Å². The zero-order valence-corrected chi connectivity index (χ0v) is 8.60. The number of piperidine rings is 1. The van der Waals surface area contributed by atoms with Crippen molar-refractivity contribution in [2.24, 2.45) is 5.92 Å². The monoisotopic (exact) mass is 199 g/mol. The average Bonchev–Trinajstić information content (AvgIpc) is 2.03. The second-order valence-electron chi connectivity index (χ2n) is 3.56. The number of carbonyl (C=O) groups is 1. The zero-order valence-electron chi connectivity index (χ0n) is 7.85. The third kappa shape index (κ3) is 4.31. The Hall–Kier alpha value is -0.520. The van der Waals surface area contributed by atoms with E-state index in [1.54, 1.807) is 0 Å². The van der Waals surface area contributed by atoms with Crippen LogP contribution in [0.4, 0.5) is 0 Å². The van der Waals surface area contributed by atoms with Gasteiger partial charge in [0.1, 0.15) is 0 Å². The van der Waals surface area contributed by atoms with Crippen LogP contribution >= 0.6 is 11.6 Å². The Bertz CT molecular complexity index is 241. The molecule has 0 aromatic heterocycles. The van der Waals surface area contributed by atoms with E-state index in [0.29, 0.717) is 6.54 Å². The van der Waals surface area contributed by atoms with E-state index in [9.17, 15) is 4.79 Å². The summed E-state index contributed by atoms with van der Waals surface area (Å²) in [5, 5.41) is -0.565. The standard InChI is InChI=1S/C10H14ClNO/c1-9-4-2-6-12(8-9)7-3-5-10(11)13/h9H,2,4,6-8H2,1H3. The maximum atomic E-state index is 10.3. The summed E-state index contributed by atoms with van der Waals surface area (Å²) in [4.78, 5) is 12.6. The van der Waals surface area contributed by atoms with Gasteiger partial charge in [-0.1, -0.05) is 12.8 Å². The molecule has 1 rings (SSSR count). The first-order chi connectivity index (χ1) is 6.18. The molecule has 1 heterocycles. The lowest BCUT2D eigenvalue weighted by Gasteiger charge is -2.28. The summed E-state index contributed by atoms with van der Waals surface area (Å²) in [5.41, 5.74) is 0. The van der Waals surface area contributed by atoms with Crippen molar-refractivity contribution in [3.05, 3.63) is 0 Å². The van der Waals surface area contributed by atoms with Crippen molar-refractivity contribution in [3.8, 4) is 11.8 Å². The van der Waals surface area contributed by atoms with Crippen LogP contribution in [0.15, 0.2) is 0 Å². The Kier molecular flexibility index (Phi) is 4.27. The van der Waals surface area contributed by atoms with Gasteiger partial charge in [0.2, 0.25) is 0 Å². The van der Waals surface area contributed by atoms with Gasteiger partial charge in [-0.25, -0.2) is 0 Å². The van der Waals surface area contributed by atoms with Crippen LogP contribution in [0.3, 0.4) is 0 Å². The molecule has 0 saturated carbocycles. The van der Waals surface area contributed by atoms with E-state index >= 15 is 0 Å². The molecule has 0 aromatic carbocycles. The number of nitrogens with zero attached hydrogens (tertiary/aromatic N) is 1. The number of halogens is 1. The fourth-order valence-electron chi connectivity index (χ4n) is 1.65. The predicted molar refractivity (Wildman–Crippen MR) is 53.5 cm³/mol. The molecule has 1 aliphatic heterocycles. The highest BCUT2D eigenvalue weighted by Gasteiger charge is 2.14. The van der Waals surface area contributed by atoms with Gasteiger partial charge in [-0.05, 0) is 42.8 Å². The van der Waals surface area contributed by atoms with Crippen molar-refractivity contribution >= 4 is 16.8 Å². The fourth-order valence-corrected chi connectivity index (χ4v) is 1.72. The molecule has 0 N–H and O–H groups in total. The highest BCUT2D eigenvalue weighted by molar-refractivity contribution is 6.68. The molecule has 0 radical (unpaired) electrons. The van der Waals surface area contributed by atoms with E-state index in [2.05, 4.69) is 23.7 Å². The van der Waals surface area contributed by atoms with Crippen molar-refractivity contribution in [2.45, 2.75) is 19.8 Å². The smallest absolute Gasteiger partial charge is 0.292 e. The molecule has 2 nitrogen and oxygen atoms in total. The predicted octanol–water partition coefficient (Wildman–Crippen LogP) is 1.49. The Morgan fingerprint density at radius 3 is 3.08 bits per heavy atom. The van der Waals surface area contributed by atoms with E-state index in [1.807, 2.05) is 0 Å². The quantitative estimate of drug-likeness (QED) is 0.471. The molecule has 0 aromatic rings. The van der Waals surface area contributed by atoms with E-state index < -0.39 is 5.24 Å². The molecule has 1 fully saturated rings. The molecule has 1 saturated heterocycles. The molecule has 1 aliphatic rings. The van der Waals surface area contributed by atoms with Crippen LogP contribution in [0.5, 0.6) is 0 Å². The summed E-state index contributed by atoms with van der Waals surface area (Å²) in [6.07, 6.45) is 2.54. The SMILES string of the molecule is CC1CCCN(CC#CC(=O)Cl)C1. The molecular formula is C10H14ClNO. The van der Waals surface area contributed by atoms with E-state index in [-0.39, 0.29) is 0 Å². The van der Waals surface area contributed by atoms with Crippen LogP contribution in [0, 0.1) is 17.8 Å². The molecule has 13 heavy (non-hydrogen) atoms. The van der Waals surface area contributed by atoms with E-state index in [4.69, 9.17) is 11.6 Å². The lowest BCUT2D eigenvalue weighted by Crippen LogP contribution is -2.34. The van der Waals surface area contributed by atoms with E-state index in [1.165, 1.54) is 12.8 Å². The second-order valence-corrected chi connectivity index (χ2v) is 3.90. The summed E-state index contributed by atoms with van der Waals surface area (Å²) in [6, 6.07) is 0. The molecule has 3 heteroatoms. The molecule has 72 valence electrons. The van der Waals surface area contributed by atoms with Crippen molar-refractivity contribution in [1.29, 1.82) is 0 Å². The third-order valence-corrected chi connectivity index (χ3v) is 2.32. The van der Waals surface area contributed by atoms with Gasteiger partial charge in [0.25, 0.3) is 5.24 Å². The topological polar surface area (TPSA) is 20.3 Å². The Balaban J connectivity index is 2.29. The minimum Gasteiger partial charge on any atom is -0.292 e. The summed E-state index contributed by atoms with van der Waals surface area (Å²) < 4.78 is 0. The number of hydrogen-bond donors (Lipinski definition) is 0. The summed E-state index contributed by atoms with van der Waals surface area (Å²) in [6.45, 7) is 5.09. The van der Waals surface area contributed by atoms with E-state index in [0.717, 1.165) is 19.0 Å². The van der Waals surface area contributed by atoms with Gasteiger partial charge in [-0.2, -0.15) is 0 Å². The Morgan fingerprint density at radius 2 is 2.46 bits per heavy atom. The second kappa shape index (κ2) is 5.26. The van der Waals surface area contributed by atoms with Crippen LogP contribution in [0.1, 0.15) is 19.8 Å². The van der Waals surface area contributed by atoms with Crippen molar-refractivity contribution in [3.63, 3.8) is 0 Å². The first-order valence-corrected chi connectivity index (χ1v) is 4.97. The maximum absolute atomic E-state index is 10.3. The first kappa shape index (κ1) is 10.6. The number of hydrogen-bond acceptors (Lipinski definition) is 2. The van der Waals surface area contributed by atoms with Crippen molar-refractivity contribution < 1.29 is 4.79 Å². The zero-order chi connectivity index (χ0) is 9.68. The normalized spacial score (nSPS) is 23.4. The van der Waals surface area contributed by atoms with Crippen molar-refractivity contribution in [1.82, 2.24) is 4.90 Å². The minimum absolute atomic E-state index is 0.565. The van der Waals surface area contributed by atoms with Gasteiger partial charge >= 0.3 is 0 Å². The number of rotatable bonds is 1. The lowest BCUT2D eigenvalue weighted by atomic mass is 10.0. The molecule has 1 atom stereocenters. The van der Waals surface area contributed by atoms with Gasteiger partial charge in [0.05, 0.1) is 6.54 Å². The average molecular weight is 200 g/mol. The lowest BCUT2D eigenvalue weighted by molar-refractivity contribution is -0.107. The van der Waals surface area contributed by atoms with Gasteiger partial charge < -0.3 is 0 Å². The fraction of sp³-hybridized carbons (Fsp3) is 0.700. The van der Waals surface area contributed by atoms with Gasteiger partial charge in [0.15, 0.2) is 0 Å². The highest BCUT2D eigenvalue weighted by Crippen LogP contribution is 2.14. The van der Waals surface area contributed by atoms with Gasteiger partial charge in [-0.15, -0.1) is 0 Å². The molecule has 0 spiro atoms. The van der Waals surface area contributed by atoms with Crippen LogP contribution in [0.2, 0.25) is 0 Å². The highest BCUT2D eigenvalue weighted by atomic mass is 35.5. The summed E-state index contributed by atoms with van der Waals surface area (Å²) in [7, 11) is 0. The molecule has 1 unspecified atom stereocenters. The summed E-state index contributed by atoms with van der Waals surface area (Å²) in [5.74, 6) is 5.86. The van der Waals surface area contributed by atoms with Gasteiger partial charge in [-0.3, -0.25) is 9.69 Å². The Labute approximate surface area is 84.2 Å².